The van der Waals surface area contributed by atoms with E-state index < -0.39 is 0 Å². The maximum absolute atomic E-state index is 13.3. The van der Waals surface area contributed by atoms with Gasteiger partial charge in [0.2, 0.25) is 0 Å². The molecule has 0 fully saturated rings. The van der Waals surface area contributed by atoms with Gasteiger partial charge in [-0.25, -0.2) is 4.98 Å². The molecular weight excluding hydrogens is 412 g/mol. The first-order valence-corrected chi connectivity index (χ1v) is 10.6. The average molecular weight is 434 g/mol. The van der Waals surface area contributed by atoms with Crippen molar-refractivity contribution in [1.29, 1.82) is 0 Å². The van der Waals surface area contributed by atoms with Gasteiger partial charge in [-0.05, 0) is 56.3 Å². The summed E-state index contributed by atoms with van der Waals surface area (Å²) in [5, 5.41) is 14.7. The first-order chi connectivity index (χ1) is 16.0. The van der Waals surface area contributed by atoms with E-state index in [-0.39, 0.29) is 11.3 Å². The monoisotopic (exact) mass is 434 g/mol. The number of aromatic hydroxyl groups is 1. The Balaban J connectivity index is 1.65. The van der Waals surface area contributed by atoms with Crippen LogP contribution in [-0.2, 0) is 0 Å². The Morgan fingerprint density at radius 2 is 1.61 bits per heavy atom. The van der Waals surface area contributed by atoms with E-state index >= 15 is 0 Å². The molecule has 6 heteroatoms. The fraction of sp³-hybridized carbons (Fsp3) is 0.0741. The summed E-state index contributed by atoms with van der Waals surface area (Å²) in [7, 11) is 0. The first-order valence-electron chi connectivity index (χ1n) is 10.6. The zero-order valence-corrected chi connectivity index (χ0v) is 18.3. The fourth-order valence-corrected chi connectivity index (χ4v) is 4.04. The third-order valence-corrected chi connectivity index (χ3v) is 5.68. The van der Waals surface area contributed by atoms with Gasteiger partial charge in [0, 0.05) is 28.2 Å². The zero-order valence-electron chi connectivity index (χ0n) is 18.3. The summed E-state index contributed by atoms with van der Waals surface area (Å²) in [6, 6.07) is 25.9. The average Bonchev–Trinajstić information content (AvgIpc) is 3.12. The second-order valence-electron chi connectivity index (χ2n) is 7.86. The molecule has 0 radical (unpaired) electrons. The number of aryl methyl sites for hydroxylation is 1. The quantitative estimate of drug-likeness (QED) is 0.402. The van der Waals surface area contributed by atoms with Crippen LogP contribution in [0, 0.1) is 13.8 Å². The molecule has 33 heavy (non-hydrogen) atoms. The van der Waals surface area contributed by atoms with Crippen molar-refractivity contribution in [2.75, 3.05) is 0 Å². The van der Waals surface area contributed by atoms with Gasteiger partial charge in [-0.3, -0.25) is 4.79 Å². The van der Waals surface area contributed by atoms with Gasteiger partial charge in [-0.2, -0.15) is 9.78 Å². The molecule has 0 saturated carbocycles. The van der Waals surface area contributed by atoms with Gasteiger partial charge >= 0.3 is 0 Å². The smallest absolute Gasteiger partial charge is 0.282 e. The van der Waals surface area contributed by atoms with Crippen LogP contribution in [0.3, 0.4) is 0 Å². The molecule has 2 heterocycles. The van der Waals surface area contributed by atoms with E-state index in [0.29, 0.717) is 16.7 Å². The maximum Gasteiger partial charge on any atom is 0.282 e. The Hall–Kier alpha value is -4.45. The van der Waals surface area contributed by atoms with E-state index in [1.54, 1.807) is 24.4 Å². The highest BCUT2D eigenvalue weighted by Crippen LogP contribution is 2.22. The van der Waals surface area contributed by atoms with Crippen molar-refractivity contribution < 1.29 is 5.11 Å². The van der Waals surface area contributed by atoms with Crippen LogP contribution in [0.2, 0.25) is 0 Å². The van der Waals surface area contributed by atoms with E-state index in [1.807, 2.05) is 80.6 Å². The summed E-state index contributed by atoms with van der Waals surface area (Å²) >= 11 is 0. The summed E-state index contributed by atoms with van der Waals surface area (Å²) in [4.78, 5) is 18.1. The van der Waals surface area contributed by atoms with Gasteiger partial charge in [-0.15, -0.1) is 0 Å². The molecule has 1 N–H and O–H groups in total. The normalized spacial score (nSPS) is 11.5. The van der Waals surface area contributed by atoms with Crippen LogP contribution < -0.4 is 5.56 Å². The summed E-state index contributed by atoms with van der Waals surface area (Å²) < 4.78 is 3.45. The van der Waals surface area contributed by atoms with Crippen molar-refractivity contribution in [3.8, 4) is 22.8 Å². The molecule has 162 valence electrons. The highest BCUT2D eigenvalue weighted by atomic mass is 16.3. The minimum Gasteiger partial charge on any atom is -0.508 e. The number of phenols is 1. The maximum atomic E-state index is 13.3. The van der Waals surface area contributed by atoms with Crippen LogP contribution in [0.1, 0.15) is 17.0 Å². The molecule has 0 aliphatic carbocycles. The van der Waals surface area contributed by atoms with Crippen LogP contribution in [0.25, 0.3) is 28.0 Å². The molecule has 5 aromatic rings. The lowest BCUT2D eigenvalue weighted by Gasteiger charge is -2.10. The van der Waals surface area contributed by atoms with Crippen molar-refractivity contribution in [3.05, 3.63) is 112 Å². The first kappa shape index (κ1) is 20.5. The SMILES string of the molecule is Cc1cc(C=Nn2c(-c3ccccc3)nc3ccccc3c2=O)c(C)n1-c1ccc(O)cc1. The molecule has 0 aliphatic rings. The van der Waals surface area contributed by atoms with Gasteiger partial charge in [0.15, 0.2) is 5.82 Å². The van der Waals surface area contributed by atoms with Crippen molar-refractivity contribution in [2.24, 2.45) is 5.10 Å². The summed E-state index contributed by atoms with van der Waals surface area (Å²) in [5.74, 6) is 0.711. The summed E-state index contributed by atoms with van der Waals surface area (Å²) in [6.45, 7) is 4.01. The number of fused-ring (bicyclic) bond motifs is 1. The second kappa shape index (κ2) is 8.24. The Morgan fingerprint density at radius 1 is 0.909 bits per heavy atom. The van der Waals surface area contributed by atoms with Gasteiger partial charge in [0.1, 0.15) is 5.75 Å². The number of benzene rings is 3. The molecule has 0 unspecified atom stereocenters. The molecule has 6 nitrogen and oxygen atoms in total. The number of phenolic OH excluding ortho intramolecular Hbond substituents is 1. The Kier molecular flexibility index (Phi) is 5.11. The lowest BCUT2D eigenvalue weighted by Crippen LogP contribution is -2.20. The number of hydrogen-bond acceptors (Lipinski definition) is 4. The van der Waals surface area contributed by atoms with E-state index in [1.165, 1.54) is 4.68 Å². The largest absolute Gasteiger partial charge is 0.508 e. The molecule has 5 rings (SSSR count). The van der Waals surface area contributed by atoms with Crippen LogP contribution in [0.5, 0.6) is 5.75 Å². The molecule has 0 aliphatic heterocycles. The second-order valence-corrected chi connectivity index (χ2v) is 7.86. The number of hydrogen-bond donors (Lipinski definition) is 1. The van der Waals surface area contributed by atoms with Crippen LogP contribution in [0.15, 0.2) is 94.8 Å². The predicted octanol–water partition coefficient (Wildman–Crippen LogP) is 5.06. The summed E-state index contributed by atoms with van der Waals surface area (Å²) in [5.41, 5.74) is 5.06. The number of nitrogens with zero attached hydrogens (tertiary/aromatic N) is 4. The van der Waals surface area contributed by atoms with Crippen molar-refractivity contribution >= 4 is 17.1 Å². The topological polar surface area (TPSA) is 72.4 Å². The van der Waals surface area contributed by atoms with E-state index in [2.05, 4.69) is 9.67 Å². The molecule has 0 spiro atoms. The highest BCUT2D eigenvalue weighted by molar-refractivity contribution is 5.83. The lowest BCUT2D eigenvalue weighted by atomic mass is 10.2. The molecule has 0 bridgehead atoms. The fourth-order valence-electron chi connectivity index (χ4n) is 4.04. The molecule has 0 atom stereocenters. The third-order valence-electron chi connectivity index (χ3n) is 5.68. The third kappa shape index (κ3) is 3.72. The predicted molar refractivity (Wildman–Crippen MR) is 131 cm³/mol. The molecule has 3 aromatic carbocycles. The molecule has 2 aromatic heterocycles. The van der Waals surface area contributed by atoms with E-state index in [4.69, 9.17) is 4.98 Å². The number of para-hydroxylation sites is 1. The number of rotatable bonds is 4. The Labute approximate surface area is 190 Å². The minimum atomic E-state index is -0.219. The molecule has 0 saturated heterocycles. The lowest BCUT2D eigenvalue weighted by molar-refractivity contribution is 0.475. The summed E-state index contributed by atoms with van der Waals surface area (Å²) in [6.07, 6.45) is 1.70. The van der Waals surface area contributed by atoms with Crippen molar-refractivity contribution in [3.63, 3.8) is 0 Å². The van der Waals surface area contributed by atoms with E-state index in [0.717, 1.165) is 28.2 Å². The minimum absolute atomic E-state index is 0.219. The zero-order chi connectivity index (χ0) is 22.9. The standard InChI is InChI=1S/C27H22N4O2/c1-18-16-21(19(2)30(18)22-12-14-23(32)15-13-22)17-28-31-26(20-8-4-3-5-9-20)29-25-11-7-6-10-24(25)27(31)33/h3-17,32H,1-2H3. The highest BCUT2D eigenvalue weighted by Gasteiger charge is 2.13. The van der Waals surface area contributed by atoms with Gasteiger partial charge in [0.25, 0.3) is 5.56 Å². The van der Waals surface area contributed by atoms with Crippen LogP contribution in [-0.4, -0.2) is 25.5 Å². The van der Waals surface area contributed by atoms with Gasteiger partial charge in [-0.1, -0.05) is 42.5 Å². The van der Waals surface area contributed by atoms with Crippen LogP contribution >= 0.6 is 0 Å². The Morgan fingerprint density at radius 3 is 2.36 bits per heavy atom. The molecular formula is C27H22N4O2. The van der Waals surface area contributed by atoms with Crippen LogP contribution in [0.4, 0.5) is 0 Å². The molecule has 0 amide bonds. The Bertz CT molecular complexity index is 1550. The van der Waals surface area contributed by atoms with Gasteiger partial charge < -0.3 is 9.67 Å². The number of aromatic nitrogens is 3. The van der Waals surface area contributed by atoms with Crippen molar-refractivity contribution in [1.82, 2.24) is 14.2 Å². The van der Waals surface area contributed by atoms with Gasteiger partial charge in [0.05, 0.1) is 17.1 Å². The van der Waals surface area contributed by atoms with Crippen molar-refractivity contribution in [2.45, 2.75) is 13.8 Å². The van der Waals surface area contributed by atoms with E-state index in [9.17, 15) is 9.90 Å².